The lowest BCUT2D eigenvalue weighted by molar-refractivity contribution is 0.579. The minimum absolute atomic E-state index is 0.297. The number of aryl methyl sites for hydroxylation is 1. The summed E-state index contributed by atoms with van der Waals surface area (Å²) < 4.78 is 26.4. The maximum absolute atomic E-state index is 13.2. The molecule has 23 heavy (non-hydrogen) atoms. The summed E-state index contributed by atoms with van der Waals surface area (Å²) in [6.45, 7) is 3.85. The second-order valence-electron chi connectivity index (χ2n) is 6.17. The molecule has 1 fully saturated rings. The molecule has 2 atom stereocenters. The van der Waals surface area contributed by atoms with Crippen LogP contribution in [0.3, 0.4) is 0 Å². The first-order chi connectivity index (χ1) is 11.1. The predicted octanol–water partition coefficient (Wildman–Crippen LogP) is 3.20. The monoisotopic (exact) mass is 316 g/mol. The number of rotatable bonds is 7. The van der Waals surface area contributed by atoms with Crippen LogP contribution in [0.1, 0.15) is 23.6 Å². The fraction of sp³-hybridized carbons (Fsp3) is 0.368. The van der Waals surface area contributed by atoms with Gasteiger partial charge < -0.3 is 10.6 Å². The minimum Gasteiger partial charge on any atom is -0.311 e. The minimum atomic E-state index is -0.508. The van der Waals surface area contributed by atoms with Gasteiger partial charge in [-0.3, -0.25) is 0 Å². The third-order valence-corrected chi connectivity index (χ3v) is 4.28. The standard InChI is InChI=1S/C19H22F2N2/c1-2-13-4-3-5-14(6-13)11-22-12-19-18(23-19)9-15-7-16(20)10-17(21)8-15/h3-8,10,18-19,22-23H,2,9,11-12H2,1H3. The zero-order valence-corrected chi connectivity index (χ0v) is 13.3. The first-order valence-corrected chi connectivity index (χ1v) is 8.13. The van der Waals surface area contributed by atoms with E-state index in [4.69, 9.17) is 0 Å². The molecular weight excluding hydrogens is 294 g/mol. The highest BCUT2D eigenvalue weighted by molar-refractivity contribution is 5.24. The number of nitrogens with one attached hydrogen (secondary N) is 2. The molecule has 2 N–H and O–H groups in total. The van der Waals surface area contributed by atoms with Gasteiger partial charge in [-0.1, -0.05) is 31.2 Å². The van der Waals surface area contributed by atoms with E-state index in [-0.39, 0.29) is 0 Å². The Labute approximate surface area is 135 Å². The first kappa shape index (κ1) is 16.1. The second-order valence-corrected chi connectivity index (χ2v) is 6.17. The fourth-order valence-corrected chi connectivity index (χ4v) is 2.94. The van der Waals surface area contributed by atoms with E-state index in [9.17, 15) is 8.78 Å². The SMILES string of the molecule is CCc1cccc(CNCC2NC2Cc2cc(F)cc(F)c2)c1. The van der Waals surface area contributed by atoms with Crippen molar-refractivity contribution >= 4 is 0 Å². The Balaban J connectivity index is 1.43. The third-order valence-electron chi connectivity index (χ3n) is 4.28. The summed E-state index contributed by atoms with van der Waals surface area (Å²) >= 11 is 0. The molecule has 1 saturated heterocycles. The summed E-state index contributed by atoms with van der Waals surface area (Å²) in [5.74, 6) is -1.02. The zero-order chi connectivity index (χ0) is 16.2. The Bertz CT molecular complexity index is 652. The van der Waals surface area contributed by atoms with Gasteiger partial charge in [-0.25, -0.2) is 8.78 Å². The molecule has 2 unspecified atom stereocenters. The molecule has 3 rings (SSSR count). The molecule has 122 valence electrons. The Hall–Kier alpha value is -1.78. The van der Waals surface area contributed by atoms with Gasteiger partial charge in [-0.05, 0) is 41.7 Å². The largest absolute Gasteiger partial charge is 0.311 e. The summed E-state index contributed by atoms with van der Waals surface area (Å²) in [7, 11) is 0. The van der Waals surface area contributed by atoms with Gasteiger partial charge in [0.1, 0.15) is 11.6 Å². The Morgan fingerprint density at radius 3 is 2.43 bits per heavy atom. The molecule has 2 nitrogen and oxygen atoms in total. The van der Waals surface area contributed by atoms with Crippen molar-refractivity contribution in [3.8, 4) is 0 Å². The van der Waals surface area contributed by atoms with Crippen molar-refractivity contribution in [1.82, 2.24) is 10.6 Å². The zero-order valence-electron chi connectivity index (χ0n) is 13.3. The Morgan fingerprint density at radius 1 is 0.957 bits per heavy atom. The van der Waals surface area contributed by atoms with Gasteiger partial charge >= 0.3 is 0 Å². The van der Waals surface area contributed by atoms with E-state index in [1.807, 2.05) is 0 Å². The molecule has 2 aromatic rings. The van der Waals surface area contributed by atoms with Gasteiger partial charge in [-0.15, -0.1) is 0 Å². The second kappa shape index (κ2) is 7.20. The third kappa shape index (κ3) is 4.60. The van der Waals surface area contributed by atoms with Crippen LogP contribution < -0.4 is 10.6 Å². The first-order valence-electron chi connectivity index (χ1n) is 8.13. The van der Waals surface area contributed by atoms with Gasteiger partial charge in [0.15, 0.2) is 0 Å². The van der Waals surface area contributed by atoms with Crippen LogP contribution in [-0.2, 0) is 19.4 Å². The molecule has 1 aliphatic rings. The normalized spacial score (nSPS) is 19.8. The van der Waals surface area contributed by atoms with Crippen molar-refractivity contribution in [1.29, 1.82) is 0 Å². The van der Waals surface area contributed by atoms with Gasteiger partial charge in [-0.2, -0.15) is 0 Å². The lowest BCUT2D eigenvalue weighted by Crippen LogP contribution is -2.21. The van der Waals surface area contributed by atoms with Crippen LogP contribution in [0.2, 0.25) is 0 Å². The molecule has 0 bridgehead atoms. The molecule has 0 aliphatic carbocycles. The number of hydrogen-bond donors (Lipinski definition) is 2. The fourth-order valence-electron chi connectivity index (χ4n) is 2.94. The molecule has 0 amide bonds. The smallest absolute Gasteiger partial charge is 0.126 e. The molecule has 0 saturated carbocycles. The average Bonchev–Trinajstić information content (AvgIpc) is 3.24. The lowest BCUT2D eigenvalue weighted by atomic mass is 10.1. The van der Waals surface area contributed by atoms with Crippen molar-refractivity contribution < 1.29 is 8.78 Å². The number of hydrogen-bond acceptors (Lipinski definition) is 2. The molecule has 1 heterocycles. The maximum atomic E-state index is 13.2. The summed E-state index contributed by atoms with van der Waals surface area (Å²) in [6.07, 6.45) is 1.70. The molecule has 1 aliphatic heterocycles. The molecule has 0 aromatic heterocycles. The summed E-state index contributed by atoms with van der Waals surface area (Å²) in [5.41, 5.74) is 3.34. The summed E-state index contributed by atoms with van der Waals surface area (Å²) in [5, 5.41) is 6.80. The average molecular weight is 316 g/mol. The maximum Gasteiger partial charge on any atom is 0.126 e. The Morgan fingerprint density at radius 2 is 1.70 bits per heavy atom. The van der Waals surface area contributed by atoms with Gasteiger partial charge in [0, 0.05) is 31.2 Å². The quantitative estimate of drug-likeness (QED) is 0.769. The highest BCUT2D eigenvalue weighted by Gasteiger charge is 2.35. The van der Waals surface area contributed by atoms with Crippen molar-refractivity contribution in [2.45, 2.75) is 38.4 Å². The molecule has 0 spiro atoms. The van der Waals surface area contributed by atoms with Crippen molar-refractivity contribution in [3.63, 3.8) is 0 Å². The molecule has 0 radical (unpaired) electrons. The van der Waals surface area contributed by atoms with Crippen LogP contribution >= 0.6 is 0 Å². The highest BCUT2D eigenvalue weighted by atomic mass is 19.1. The van der Waals surface area contributed by atoms with Crippen LogP contribution in [0.25, 0.3) is 0 Å². The van der Waals surface area contributed by atoms with Gasteiger partial charge in [0.25, 0.3) is 0 Å². The number of benzene rings is 2. The van der Waals surface area contributed by atoms with Crippen molar-refractivity contribution in [2.24, 2.45) is 0 Å². The predicted molar refractivity (Wildman–Crippen MR) is 88.3 cm³/mol. The van der Waals surface area contributed by atoms with E-state index >= 15 is 0 Å². The number of halogens is 2. The summed E-state index contributed by atoms with van der Waals surface area (Å²) in [4.78, 5) is 0. The van der Waals surface area contributed by atoms with Crippen molar-refractivity contribution in [3.05, 3.63) is 70.8 Å². The van der Waals surface area contributed by atoms with E-state index in [0.29, 0.717) is 24.1 Å². The van der Waals surface area contributed by atoms with Crippen molar-refractivity contribution in [2.75, 3.05) is 6.54 Å². The Kier molecular flexibility index (Phi) is 5.03. The van der Waals surface area contributed by atoms with Crippen LogP contribution in [0.4, 0.5) is 8.78 Å². The van der Waals surface area contributed by atoms with E-state index in [2.05, 4.69) is 41.8 Å². The topological polar surface area (TPSA) is 34.0 Å². The summed E-state index contributed by atoms with van der Waals surface area (Å²) in [6, 6.07) is 13.0. The van der Waals surface area contributed by atoms with Crippen LogP contribution in [0, 0.1) is 11.6 Å². The molecule has 4 heteroatoms. The van der Waals surface area contributed by atoms with Crippen LogP contribution in [-0.4, -0.2) is 18.6 Å². The van der Waals surface area contributed by atoms with E-state index in [1.54, 1.807) is 0 Å². The highest BCUT2D eigenvalue weighted by Crippen LogP contribution is 2.18. The van der Waals surface area contributed by atoms with Gasteiger partial charge in [0.2, 0.25) is 0 Å². The lowest BCUT2D eigenvalue weighted by Gasteiger charge is -2.06. The van der Waals surface area contributed by atoms with E-state index in [0.717, 1.165) is 25.6 Å². The molecular formula is C19H22F2N2. The van der Waals surface area contributed by atoms with Crippen LogP contribution in [0.15, 0.2) is 42.5 Å². The van der Waals surface area contributed by atoms with Crippen LogP contribution in [0.5, 0.6) is 0 Å². The van der Waals surface area contributed by atoms with E-state index in [1.165, 1.54) is 23.3 Å². The molecule has 2 aromatic carbocycles. The van der Waals surface area contributed by atoms with E-state index < -0.39 is 11.6 Å². The van der Waals surface area contributed by atoms with Gasteiger partial charge in [0.05, 0.1) is 0 Å².